The van der Waals surface area contributed by atoms with Crippen molar-refractivity contribution in [2.75, 3.05) is 0 Å². The van der Waals surface area contributed by atoms with Gasteiger partial charge in [-0.3, -0.25) is 0 Å². The molecule has 2 nitrogen and oxygen atoms in total. The average molecular weight is 304 g/mol. The number of aromatic nitrogens is 1. The van der Waals surface area contributed by atoms with E-state index in [-0.39, 0.29) is 0 Å². The molecule has 2 rings (SSSR count). The second-order valence-corrected chi connectivity index (χ2v) is 8.82. The number of pyridine rings is 1. The van der Waals surface area contributed by atoms with E-state index in [1.807, 2.05) is 30.3 Å². The number of nitrogens with zero attached hydrogens (tertiary/aromatic N) is 1. The first-order valence-corrected chi connectivity index (χ1v) is 8.76. The molecule has 0 saturated heterocycles. The standard InChI is InChI=1S/C11H8Cl2NOPS/c12-10-7-4-8-11(14-10)15-16(13,17)9-5-2-1-3-6-9/h1-8H. The molecule has 6 heteroatoms. The van der Waals surface area contributed by atoms with Gasteiger partial charge < -0.3 is 4.52 Å². The first-order chi connectivity index (χ1) is 8.08. The summed E-state index contributed by atoms with van der Waals surface area (Å²) in [4.78, 5) is 4.00. The molecular formula is C11H8Cl2NOPS. The van der Waals surface area contributed by atoms with Crippen molar-refractivity contribution in [2.24, 2.45) is 0 Å². The summed E-state index contributed by atoms with van der Waals surface area (Å²) in [6.45, 7) is 0. The van der Waals surface area contributed by atoms with Crippen molar-refractivity contribution in [2.45, 2.75) is 0 Å². The lowest BCUT2D eigenvalue weighted by molar-refractivity contribution is 0.603. The van der Waals surface area contributed by atoms with E-state index in [1.54, 1.807) is 18.2 Å². The number of hydrogen-bond donors (Lipinski definition) is 0. The molecule has 0 aliphatic heterocycles. The van der Waals surface area contributed by atoms with Crippen molar-refractivity contribution >= 4 is 45.6 Å². The molecule has 0 radical (unpaired) electrons. The maximum atomic E-state index is 6.27. The Morgan fingerprint density at radius 2 is 1.76 bits per heavy atom. The molecule has 2 aromatic rings. The van der Waals surface area contributed by atoms with Crippen molar-refractivity contribution in [3.63, 3.8) is 0 Å². The van der Waals surface area contributed by atoms with Gasteiger partial charge in [0.15, 0.2) is 0 Å². The van der Waals surface area contributed by atoms with Crippen LogP contribution in [0.2, 0.25) is 5.15 Å². The second kappa shape index (κ2) is 5.36. The molecule has 0 bridgehead atoms. The Labute approximate surface area is 114 Å². The number of halogens is 2. The van der Waals surface area contributed by atoms with Crippen molar-refractivity contribution < 1.29 is 4.52 Å². The van der Waals surface area contributed by atoms with E-state index in [0.717, 1.165) is 5.30 Å². The van der Waals surface area contributed by atoms with Gasteiger partial charge in [-0.15, -0.1) is 0 Å². The van der Waals surface area contributed by atoms with Crippen molar-refractivity contribution in [3.8, 4) is 5.88 Å². The molecule has 0 aliphatic rings. The smallest absolute Gasteiger partial charge is 0.230 e. The van der Waals surface area contributed by atoms with Crippen LogP contribution in [0, 0.1) is 0 Å². The van der Waals surface area contributed by atoms with Crippen LogP contribution in [0.3, 0.4) is 0 Å². The number of hydrogen-bond acceptors (Lipinski definition) is 3. The lowest BCUT2D eigenvalue weighted by Gasteiger charge is -2.15. The minimum absolute atomic E-state index is 0.347. The van der Waals surface area contributed by atoms with Crippen LogP contribution >= 0.6 is 28.5 Å². The van der Waals surface area contributed by atoms with Crippen LogP contribution in [-0.4, -0.2) is 4.98 Å². The van der Waals surface area contributed by atoms with E-state index >= 15 is 0 Å². The van der Waals surface area contributed by atoms with Gasteiger partial charge in [0.25, 0.3) is 0 Å². The molecule has 0 aliphatic carbocycles. The van der Waals surface area contributed by atoms with Gasteiger partial charge in [-0.25, -0.2) is 4.98 Å². The molecule has 88 valence electrons. The zero-order valence-corrected chi connectivity index (χ0v) is 11.8. The zero-order valence-electron chi connectivity index (χ0n) is 8.59. The van der Waals surface area contributed by atoms with Crippen LogP contribution in [0.4, 0.5) is 0 Å². The summed E-state index contributed by atoms with van der Waals surface area (Å²) in [7, 11) is 0. The highest BCUT2D eigenvalue weighted by molar-refractivity contribution is 8.28. The fourth-order valence-corrected chi connectivity index (χ4v) is 3.50. The van der Waals surface area contributed by atoms with Gasteiger partial charge in [-0.05, 0) is 41.2 Å². The van der Waals surface area contributed by atoms with Gasteiger partial charge in [0, 0.05) is 11.4 Å². The fraction of sp³-hybridized carbons (Fsp3) is 0. The van der Waals surface area contributed by atoms with Crippen molar-refractivity contribution in [1.29, 1.82) is 0 Å². The van der Waals surface area contributed by atoms with Crippen LogP contribution in [0.5, 0.6) is 5.88 Å². The van der Waals surface area contributed by atoms with Gasteiger partial charge in [-0.2, -0.15) is 0 Å². The van der Waals surface area contributed by atoms with Gasteiger partial charge >= 0.3 is 0 Å². The predicted octanol–water partition coefficient (Wildman–Crippen LogP) is 3.99. The third-order valence-electron chi connectivity index (χ3n) is 1.97. The molecule has 1 atom stereocenters. The molecule has 0 saturated carbocycles. The van der Waals surface area contributed by atoms with Crippen LogP contribution in [0.25, 0.3) is 0 Å². The molecule has 0 spiro atoms. The molecule has 0 N–H and O–H groups in total. The Balaban J connectivity index is 2.27. The molecular weight excluding hydrogens is 296 g/mol. The lowest BCUT2D eigenvalue weighted by atomic mass is 10.4. The van der Waals surface area contributed by atoms with E-state index < -0.39 is 5.62 Å². The maximum Gasteiger partial charge on any atom is 0.230 e. The van der Waals surface area contributed by atoms with Gasteiger partial charge in [0.1, 0.15) is 5.15 Å². The summed E-state index contributed by atoms with van der Waals surface area (Å²) in [5.41, 5.74) is -2.60. The lowest BCUT2D eigenvalue weighted by Crippen LogP contribution is -2.04. The van der Waals surface area contributed by atoms with E-state index in [0.29, 0.717) is 11.0 Å². The van der Waals surface area contributed by atoms with E-state index in [4.69, 9.17) is 39.2 Å². The molecule has 1 heterocycles. The van der Waals surface area contributed by atoms with Crippen LogP contribution in [-0.2, 0) is 11.8 Å². The van der Waals surface area contributed by atoms with E-state index in [1.165, 1.54) is 0 Å². The first-order valence-electron chi connectivity index (χ1n) is 4.75. The molecule has 17 heavy (non-hydrogen) atoms. The Kier molecular flexibility index (Phi) is 4.05. The van der Waals surface area contributed by atoms with Crippen LogP contribution < -0.4 is 9.83 Å². The zero-order chi connectivity index (χ0) is 12.3. The minimum Gasteiger partial charge on any atom is -0.431 e. The summed E-state index contributed by atoms with van der Waals surface area (Å²) in [6, 6.07) is 14.4. The molecule has 0 amide bonds. The molecule has 1 unspecified atom stereocenters. The van der Waals surface area contributed by atoms with Gasteiger partial charge in [-0.1, -0.05) is 35.9 Å². The quantitative estimate of drug-likeness (QED) is 0.632. The highest BCUT2D eigenvalue weighted by Crippen LogP contribution is 2.50. The van der Waals surface area contributed by atoms with E-state index in [9.17, 15) is 0 Å². The third-order valence-corrected chi connectivity index (χ3v) is 5.16. The van der Waals surface area contributed by atoms with Crippen molar-refractivity contribution in [1.82, 2.24) is 4.98 Å². The summed E-state index contributed by atoms with van der Waals surface area (Å²) in [5.74, 6) is 0.347. The summed E-state index contributed by atoms with van der Waals surface area (Å²) < 4.78 is 5.56. The topological polar surface area (TPSA) is 22.1 Å². The Morgan fingerprint density at radius 3 is 2.41 bits per heavy atom. The monoisotopic (exact) mass is 303 g/mol. The summed E-state index contributed by atoms with van der Waals surface area (Å²) >= 11 is 17.3. The van der Waals surface area contributed by atoms with E-state index in [2.05, 4.69) is 4.98 Å². The average Bonchev–Trinajstić information content (AvgIpc) is 2.29. The SMILES string of the molecule is S=P(Cl)(Oc1cccc(Cl)n1)c1ccccc1. The van der Waals surface area contributed by atoms with Crippen LogP contribution in [0.15, 0.2) is 48.5 Å². The molecule has 0 fully saturated rings. The van der Waals surface area contributed by atoms with Gasteiger partial charge in [0.05, 0.1) is 0 Å². The largest absolute Gasteiger partial charge is 0.431 e. The number of benzene rings is 1. The maximum absolute atomic E-state index is 6.27. The minimum atomic E-state index is -2.60. The Bertz CT molecular complexity index is 564. The summed E-state index contributed by atoms with van der Waals surface area (Å²) in [6.07, 6.45) is 0. The second-order valence-electron chi connectivity index (χ2n) is 3.21. The first kappa shape index (κ1) is 12.8. The highest BCUT2D eigenvalue weighted by atomic mass is 35.7. The summed E-state index contributed by atoms with van der Waals surface area (Å²) in [5, 5.41) is 1.14. The Morgan fingerprint density at radius 1 is 1.06 bits per heavy atom. The van der Waals surface area contributed by atoms with Gasteiger partial charge in [0.2, 0.25) is 11.5 Å². The fourth-order valence-electron chi connectivity index (χ4n) is 1.22. The predicted molar refractivity (Wildman–Crippen MR) is 76.1 cm³/mol. The normalized spacial score (nSPS) is 14.0. The Hall–Kier alpha value is -0.600. The van der Waals surface area contributed by atoms with Crippen molar-refractivity contribution in [3.05, 3.63) is 53.7 Å². The molecule has 1 aromatic heterocycles. The molecule has 1 aromatic carbocycles. The highest BCUT2D eigenvalue weighted by Gasteiger charge is 2.19. The third kappa shape index (κ3) is 3.43. The van der Waals surface area contributed by atoms with Crippen LogP contribution in [0.1, 0.15) is 0 Å². The number of rotatable bonds is 3.